The van der Waals surface area contributed by atoms with Gasteiger partial charge in [-0.1, -0.05) is 48.9 Å². The number of methoxy groups -OCH3 is 1. The highest BCUT2D eigenvalue weighted by Crippen LogP contribution is 2.23. The van der Waals surface area contributed by atoms with Crippen molar-refractivity contribution in [3.8, 4) is 16.9 Å². The molecule has 0 spiro atoms. The van der Waals surface area contributed by atoms with E-state index >= 15 is 0 Å². The monoisotopic (exact) mass is 353 g/mol. The Morgan fingerprint density at radius 1 is 0.885 bits per heavy atom. The Labute approximate surface area is 155 Å². The molecule has 0 bridgehead atoms. The third kappa shape index (κ3) is 7.11. The van der Waals surface area contributed by atoms with Crippen molar-refractivity contribution in [1.29, 1.82) is 0 Å². The third-order valence-corrected chi connectivity index (χ3v) is 4.02. The highest BCUT2D eigenvalue weighted by atomic mass is 16.5. The summed E-state index contributed by atoms with van der Waals surface area (Å²) in [6.45, 7) is 1.56. The Morgan fingerprint density at radius 2 is 1.46 bits per heavy atom. The number of unbranched alkanes of at least 4 members (excludes halogenated alkanes) is 3. The fourth-order valence-corrected chi connectivity index (χ4v) is 2.59. The first-order chi connectivity index (χ1) is 12.7. The van der Waals surface area contributed by atoms with Gasteiger partial charge in [0.15, 0.2) is 0 Å². The summed E-state index contributed by atoms with van der Waals surface area (Å²) in [5.74, 6) is -0.321. The van der Waals surface area contributed by atoms with Crippen LogP contribution >= 0.6 is 0 Å². The Bertz CT molecular complexity index is 687. The Balaban J connectivity index is 1.80. The Kier molecular flexibility index (Phi) is 8.43. The highest BCUT2D eigenvalue weighted by Gasteiger charge is 1.99. The van der Waals surface area contributed by atoms with Crippen LogP contribution in [0.3, 0.4) is 0 Å². The van der Waals surface area contributed by atoms with E-state index in [9.17, 15) is 9.90 Å². The lowest BCUT2D eigenvalue weighted by molar-refractivity contribution is -0.297. The molecule has 0 saturated heterocycles. The number of benzene rings is 2. The molecule has 0 heterocycles. The van der Waals surface area contributed by atoms with Gasteiger partial charge in [-0.05, 0) is 54.2 Å². The van der Waals surface area contributed by atoms with E-state index in [4.69, 9.17) is 9.47 Å². The molecule has 2 rings (SSSR count). The zero-order chi connectivity index (χ0) is 18.6. The maximum atomic E-state index is 10.4. The molecule has 0 aromatic heterocycles. The number of carboxylic acid groups (broad SMARTS) is 1. The zero-order valence-electron chi connectivity index (χ0n) is 15.1. The average molecular weight is 353 g/mol. The first-order valence-corrected chi connectivity index (χ1v) is 8.90. The van der Waals surface area contributed by atoms with E-state index in [-0.39, 0.29) is 0 Å². The molecule has 138 valence electrons. The first-order valence-electron chi connectivity index (χ1n) is 8.90. The predicted molar refractivity (Wildman–Crippen MR) is 102 cm³/mol. The number of ether oxygens (including phenoxy) is 2. The van der Waals surface area contributed by atoms with Crippen molar-refractivity contribution in [2.45, 2.75) is 25.7 Å². The summed E-state index contributed by atoms with van der Waals surface area (Å²) >= 11 is 0. The molecule has 26 heavy (non-hydrogen) atoms. The zero-order valence-corrected chi connectivity index (χ0v) is 15.1. The van der Waals surface area contributed by atoms with Gasteiger partial charge in [0.05, 0.1) is 12.6 Å². The molecule has 0 aliphatic rings. The van der Waals surface area contributed by atoms with Gasteiger partial charge in [-0.2, -0.15) is 0 Å². The summed E-state index contributed by atoms with van der Waals surface area (Å²) in [4.78, 5) is 10.4. The van der Waals surface area contributed by atoms with Crippen LogP contribution in [0.2, 0.25) is 0 Å². The summed E-state index contributed by atoms with van der Waals surface area (Å²) in [6.07, 6.45) is 7.02. The smallest absolute Gasteiger partial charge is 0.119 e. The van der Waals surface area contributed by atoms with Crippen molar-refractivity contribution < 1.29 is 19.4 Å². The second kappa shape index (κ2) is 11.1. The van der Waals surface area contributed by atoms with E-state index < -0.39 is 5.97 Å². The number of carbonyl (C=O) groups is 1. The number of rotatable bonds is 11. The number of carbonyl (C=O) groups excluding carboxylic acids is 1. The fourth-order valence-electron chi connectivity index (χ4n) is 2.59. The van der Waals surface area contributed by atoms with Crippen molar-refractivity contribution in [3.05, 3.63) is 60.2 Å². The third-order valence-electron chi connectivity index (χ3n) is 4.02. The topological polar surface area (TPSA) is 58.6 Å². The van der Waals surface area contributed by atoms with Crippen LogP contribution in [0.25, 0.3) is 17.2 Å². The molecule has 2 aromatic rings. The van der Waals surface area contributed by atoms with Gasteiger partial charge in [-0.3, -0.25) is 0 Å². The van der Waals surface area contributed by atoms with Crippen LogP contribution in [-0.4, -0.2) is 26.3 Å². The van der Waals surface area contributed by atoms with Crippen LogP contribution in [-0.2, 0) is 9.53 Å². The molecular weight excluding hydrogens is 328 g/mol. The standard InChI is InChI=1S/C22H26O4/c1-25-16-4-2-3-5-17-26-21-13-11-20(12-14-21)19-9-6-18(7-10-19)8-15-22(23)24/h6-15H,2-5,16-17H2,1H3,(H,23,24)/p-1/b15-8+. The molecule has 0 saturated carbocycles. The number of aliphatic carboxylic acids is 1. The van der Waals surface area contributed by atoms with E-state index in [1.54, 1.807) is 7.11 Å². The van der Waals surface area contributed by atoms with Crippen molar-refractivity contribution in [2.75, 3.05) is 20.3 Å². The normalized spacial score (nSPS) is 11.0. The van der Waals surface area contributed by atoms with Gasteiger partial charge in [-0.15, -0.1) is 0 Å². The first kappa shape index (κ1) is 19.7. The van der Waals surface area contributed by atoms with E-state index in [0.717, 1.165) is 61.0 Å². The Hall–Kier alpha value is -2.59. The second-order valence-corrected chi connectivity index (χ2v) is 6.05. The lowest BCUT2D eigenvalue weighted by Crippen LogP contribution is -2.18. The molecule has 0 aliphatic carbocycles. The van der Waals surface area contributed by atoms with Gasteiger partial charge >= 0.3 is 0 Å². The minimum Gasteiger partial charge on any atom is -0.545 e. The molecule has 0 aliphatic heterocycles. The van der Waals surface area contributed by atoms with E-state index in [2.05, 4.69) is 0 Å². The summed E-state index contributed by atoms with van der Waals surface area (Å²) < 4.78 is 10.8. The summed E-state index contributed by atoms with van der Waals surface area (Å²) in [6, 6.07) is 15.7. The predicted octanol–water partition coefficient (Wildman–Crippen LogP) is 3.70. The molecular formula is C22H25O4-. The second-order valence-electron chi connectivity index (χ2n) is 6.05. The number of hydrogen-bond donors (Lipinski definition) is 0. The van der Waals surface area contributed by atoms with Crippen LogP contribution in [0, 0.1) is 0 Å². The molecule has 0 radical (unpaired) electrons. The number of carboxylic acids is 1. The van der Waals surface area contributed by atoms with Crippen LogP contribution in [0.1, 0.15) is 31.2 Å². The lowest BCUT2D eigenvalue weighted by atomic mass is 10.0. The van der Waals surface area contributed by atoms with Gasteiger partial charge in [0.1, 0.15) is 5.75 Å². The minimum absolute atomic E-state index is 0.728. The lowest BCUT2D eigenvalue weighted by Gasteiger charge is -2.08. The van der Waals surface area contributed by atoms with Crippen molar-refractivity contribution in [1.82, 2.24) is 0 Å². The average Bonchev–Trinajstić information content (AvgIpc) is 2.66. The van der Waals surface area contributed by atoms with E-state index in [1.807, 2.05) is 48.5 Å². The highest BCUT2D eigenvalue weighted by molar-refractivity contribution is 5.83. The van der Waals surface area contributed by atoms with Crippen molar-refractivity contribution in [2.24, 2.45) is 0 Å². The molecule has 0 amide bonds. The van der Waals surface area contributed by atoms with Gasteiger partial charge < -0.3 is 19.4 Å². The maximum absolute atomic E-state index is 10.4. The molecule has 4 nitrogen and oxygen atoms in total. The molecule has 0 unspecified atom stereocenters. The fraction of sp³-hybridized carbons (Fsp3) is 0.318. The largest absolute Gasteiger partial charge is 0.545 e. The maximum Gasteiger partial charge on any atom is 0.119 e. The van der Waals surface area contributed by atoms with Crippen LogP contribution in [0.15, 0.2) is 54.6 Å². The van der Waals surface area contributed by atoms with Crippen LogP contribution in [0.5, 0.6) is 5.75 Å². The summed E-state index contributed by atoms with van der Waals surface area (Å²) in [5.41, 5.74) is 2.98. The summed E-state index contributed by atoms with van der Waals surface area (Å²) in [7, 11) is 1.73. The quantitative estimate of drug-likeness (QED) is 0.456. The molecule has 0 atom stereocenters. The molecule has 4 heteroatoms. The van der Waals surface area contributed by atoms with Gasteiger partial charge in [0, 0.05) is 13.7 Å². The molecule has 0 fully saturated rings. The van der Waals surface area contributed by atoms with Gasteiger partial charge in [-0.25, -0.2) is 0 Å². The van der Waals surface area contributed by atoms with Crippen LogP contribution in [0.4, 0.5) is 0 Å². The number of hydrogen-bond acceptors (Lipinski definition) is 4. The molecule has 0 N–H and O–H groups in total. The Morgan fingerprint density at radius 3 is 2.04 bits per heavy atom. The van der Waals surface area contributed by atoms with Crippen LogP contribution < -0.4 is 9.84 Å². The molecule has 2 aromatic carbocycles. The van der Waals surface area contributed by atoms with Gasteiger partial charge in [0.2, 0.25) is 0 Å². The van der Waals surface area contributed by atoms with E-state index in [1.165, 1.54) is 12.5 Å². The minimum atomic E-state index is -1.19. The van der Waals surface area contributed by atoms with Crippen molar-refractivity contribution >= 4 is 12.0 Å². The van der Waals surface area contributed by atoms with E-state index in [0.29, 0.717) is 0 Å². The summed E-state index contributed by atoms with van der Waals surface area (Å²) in [5, 5.41) is 10.4. The van der Waals surface area contributed by atoms with Crippen molar-refractivity contribution in [3.63, 3.8) is 0 Å². The van der Waals surface area contributed by atoms with Gasteiger partial charge in [0.25, 0.3) is 0 Å². The SMILES string of the molecule is COCCCCCCOc1ccc(-c2ccc(/C=C/C(=O)[O-])cc2)cc1.